The summed E-state index contributed by atoms with van der Waals surface area (Å²) in [5.74, 6) is 0.442. The van der Waals surface area contributed by atoms with Crippen molar-refractivity contribution >= 4 is 10.0 Å². The molecule has 1 N–H and O–H groups in total. The molecular weight excluding hydrogens is 310 g/mol. The fourth-order valence-electron chi connectivity index (χ4n) is 2.36. The van der Waals surface area contributed by atoms with E-state index < -0.39 is 10.0 Å². The lowest BCUT2D eigenvalue weighted by Gasteiger charge is -2.11. The molecule has 6 heteroatoms. The highest BCUT2D eigenvalue weighted by atomic mass is 32.2. The monoisotopic (exact) mass is 335 g/mol. The third-order valence-corrected chi connectivity index (χ3v) is 5.62. The molecule has 23 heavy (non-hydrogen) atoms. The number of hydrogen-bond acceptors (Lipinski definition) is 3. The van der Waals surface area contributed by atoms with Crippen LogP contribution in [0, 0.1) is 6.92 Å². The molecule has 2 rings (SSSR count). The second-order valence-corrected chi connectivity index (χ2v) is 7.59. The molecule has 0 radical (unpaired) electrons. The Labute approximate surface area is 138 Å². The van der Waals surface area contributed by atoms with Crippen molar-refractivity contribution in [2.24, 2.45) is 0 Å². The normalized spacial score (nSPS) is 13.2. The molecule has 0 spiro atoms. The average molecular weight is 335 g/mol. The van der Waals surface area contributed by atoms with E-state index in [1.165, 1.54) is 5.56 Å². The molecule has 1 aromatic heterocycles. The summed E-state index contributed by atoms with van der Waals surface area (Å²) in [6, 6.07) is 9.09. The minimum Gasteiger partial charge on any atom is -0.270 e. The number of sulfonamides is 1. The third-order valence-electron chi connectivity index (χ3n) is 4.14. The van der Waals surface area contributed by atoms with Crippen molar-refractivity contribution in [3.05, 3.63) is 47.8 Å². The molecule has 0 fully saturated rings. The van der Waals surface area contributed by atoms with Gasteiger partial charge in [0.15, 0.2) is 0 Å². The van der Waals surface area contributed by atoms with E-state index >= 15 is 0 Å². The number of benzene rings is 1. The average Bonchev–Trinajstić information content (AvgIpc) is 2.96. The molecule has 0 aliphatic rings. The van der Waals surface area contributed by atoms with E-state index in [1.54, 1.807) is 18.3 Å². The molecule has 1 aromatic carbocycles. The molecular formula is C17H25N3O2S. The summed E-state index contributed by atoms with van der Waals surface area (Å²) in [5.41, 5.74) is 2.24. The lowest BCUT2D eigenvalue weighted by atomic mass is 9.99. The summed E-state index contributed by atoms with van der Waals surface area (Å²) >= 11 is 0. The van der Waals surface area contributed by atoms with Crippen molar-refractivity contribution in [2.45, 2.75) is 51.0 Å². The number of nitrogens with one attached hydrogen (secondary N) is 1. The smallest absolute Gasteiger partial charge is 0.240 e. The zero-order chi connectivity index (χ0) is 16.9. The summed E-state index contributed by atoms with van der Waals surface area (Å²) in [4.78, 5) is 0.319. The van der Waals surface area contributed by atoms with Crippen LogP contribution < -0.4 is 4.72 Å². The van der Waals surface area contributed by atoms with Gasteiger partial charge in [-0.05, 0) is 49.4 Å². The highest BCUT2D eigenvalue weighted by Crippen LogP contribution is 2.20. The number of nitrogens with zero attached hydrogens (tertiary/aromatic N) is 2. The molecule has 126 valence electrons. The number of aromatic nitrogens is 2. The number of rotatable bonds is 8. The van der Waals surface area contributed by atoms with E-state index in [4.69, 9.17) is 0 Å². The first-order chi connectivity index (χ1) is 10.9. The number of hydrogen-bond donors (Lipinski definition) is 1. The SMILES string of the molecule is CCC(C)c1ccc(S(=O)(=O)NCCCn2nccc2C)cc1. The quantitative estimate of drug-likeness (QED) is 0.754. The first-order valence-corrected chi connectivity index (χ1v) is 9.50. The van der Waals surface area contributed by atoms with Gasteiger partial charge in [-0.3, -0.25) is 4.68 Å². The number of aryl methyl sites for hydroxylation is 2. The van der Waals surface area contributed by atoms with Crippen LogP contribution in [0.2, 0.25) is 0 Å². The minimum absolute atomic E-state index is 0.319. The Hall–Kier alpha value is -1.66. The predicted octanol–water partition coefficient (Wildman–Crippen LogP) is 3.07. The maximum absolute atomic E-state index is 12.3. The maximum atomic E-state index is 12.3. The van der Waals surface area contributed by atoms with Gasteiger partial charge in [0, 0.05) is 25.0 Å². The molecule has 5 nitrogen and oxygen atoms in total. The summed E-state index contributed by atoms with van der Waals surface area (Å²) in [6.45, 7) is 7.34. The third kappa shape index (κ3) is 4.65. The van der Waals surface area contributed by atoms with Crippen molar-refractivity contribution < 1.29 is 8.42 Å². The zero-order valence-corrected chi connectivity index (χ0v) is 14.8. The maximum Gasteiger partial charge on any atom is 0.240 e. The Morgan fingerprint density at radius 3 is 2.48 bits per heavy atom. The molecule has 0 aliphatic carbocycles. The van der Waals surface area contributed by atoms with E-state index in [2.05, 4.69) is 23.7 Å². The van der Waals surface area contributed by atoms with Gasteiger partial charge in [-0.1, -0.05) is 26.0 Å². The van der Waals surface area contributed by atoms with Crippen molar-refractivity contribution in [1.82, 2.24) is 14.5 Å². The van der Waals surface area contributed by atoms with Gasteiger partial charge >= 0.3 is 0 Å². The van der Waals surface area contributed by atoms with E-state index in [0.29, 0.717) is 30.3 Å². The molecule has 0 bridgehead atoms. The molecule has 0 aliphatic heterocycles. The summed E-state index contributed by atoms with van der Waals surface area (Å²) in [5, 5.41) is 4.18. The zero-order valence-electron chi connectivity index (χ0n) is 14.0. The summed E-state index contributed by atoms with van der Waals surface area (Å²) in [6.07, 6.45) is 3.49. The first-order valence-electron chi connectivity index (χ1n) is 8.02. The molecule has 0 saturated heterocycles. The highest BCUT2D eigenvalue weighted by molar-refractivity contribution is 7.89. The fourth-order valence-corrected chi connectivity index (χ4v) is 3.44. The minimum atomic E-state index is -3.44. The van der Waals surface area contributed by atoms with Crippen LogP contribution in [0.15, 0.2) is 41.4 Å². The Kier molecular flexibility index (Phi) is 5.96. The van der Waals surface area contributed by atoms with Gasteiger partial charge in [-0.15, -0.1) is 0 Å². The molecule has 1 unspecified atom stereocenters. The Balaban J connectivity index is 1.90. The van der Waals surface area contributed by atoms with Crippen LogP contribution in [0.4, 0.5) is 0 Å². The second kappa shape index (κ2) is 7.75. The Morgan fingerprint density at radius 1 is 1.22 bits per heavy atom. The van der Waals surface area contributed by atoms with Crippen LogP contribution in [0.1, 0.15) is 43.9 Å². The van der Waals surface area contributed by atoms with Crippen LogP contribution in [-0.4, -0.2) is 24.7 Å². The molecule has 0 saturated carbocycles. The van der Waals surface area contributed by atoms with E-state index in [0.717, 1.165) is 12.1 Å². The largest absolute Gasteiger partial charge is 0.270 e. The molecule has 0 amide bonds. The van der Waals surface area contributed by atoms with E-state index in [1.807, 2.05) is 29.8 Å². The van der Waals surface area contributed by atoms with Gasteiger partial charge in [0.05, 0.1) is 4.90 Å². The van der Waals surface area contributed by atoms with Gasteiger partial charge in [-0.25, -0.2) is 13.1 Å². The van der Waals surface area contributed by atoms with E-state index in [9.17, 15) is 8.42 Å². The molecule has 1 atom stereocenters. The van der Waals surface area contributed by atoms with Crippen LogP contribution in [0.3, 0.4) is 0 Å². The predicted molar refractivity (Wildman–Crippen MR) is 91.9 cm³/mol. The van der Waals surface area contributed by atoms with Crippen molar-refractivity contribution in [3.8, 4) is 0 Å². The first kappa shape index (κ1) is 17.7. The van der Waals surface area contributed by atoms with Crippen molar-refractivity contribution in [3.63, 3.8) is 0 Å². The van der Waals surface area contributed by atoms with Gasteiger partial charge in [0.1, 0.15) is 0 Å². The van der Waals surface area contributed by atoms with Crippen molar-refractivity contribution in [1.29, 1.82) is 0 Å². The second-order valence-electron chi connectivity index (χ2n) is 5.83. The lowest BCUT2D eigenvalue weighted by molar-refractivity contribution is 0.546. The van der Waals surface area contributed by atoms with Crippen molar-refractivity contribution in [2.75, 3.05) is 6.54 Å². The summed E-state index contributed by atoms with van der Waals surface area (Å²) < 4.78 is 29.1. The summed E-state index contributed by atoms with van der Waals surface area (Å²) in [7, 11) is -3.44. The Morgan fingerprint density at radius 2 is 1.91 bits per heavy atom. The lowest BCUT2D eigenvalue weighted by Crippen LogP contribution is -2.25. The van der Waals surface area contributed by atoms with Gasteiger partial charge in [-0.2, -0.15) is 5.10 Å². The highest BCUT2D eigenvalue weighted by Gasteiger charge is 2.14. The van der Waals surface area contributed by atoms with Crippen LogP contribution in [0.5, 0.6) is 0 Å². The van der Waals surface area contributed by atoms with Gasteiger partial charge in [0.25, 0.3) is 0 Å². The van der Waals surface area contributed by atoms with Gasteiger partial charge < -0.3 is 0 Å². The molecule has 2 aromatic rings. The van der Waals surface area contributed by atoms with Gasteiger partial charge in [0.2, 0.25) is 10.0 Å². The standard InChI is InChI=1S/C17H25N3O2S/c1-4-14(2)16-6-8-17(9-7-16)23(21,22)19-11-5-13-20-15(3)10-12-18-20/h6-10,12,14,19H,4-5,11,13H2,1-3H3. The topological polar surface area (TPSA) is 64.0 Å². The van der Waals surface area contributed by atoms with Crippen LogP contribution >= 0.6 is 0 Å². The van der Waals surface area contributed by atoms with E-state index in [-0.39, 0.29) is 0 Å². The Bertz CT molecular complexity index is 721. The van der Waals surface area contributed by atoms with Crippen LogP contribution in [0.25, 0.3) is 0 Å². The fraction of sp³-hybridized carbons (Fsp3) is 0.471. The molecule has 1 heterocycles. The van der Waals surface area contributed by atoms with Crippen LogP contribution in [-0.2, 0) is 16.6 Å².